The third-order valence-corrected chi connectivity index (χ3v) is 4.92. The molecule has 0 saturated carbocycles. The molecule has 8 heteroatoms. The molecule has 144 valence electrons. The first kappa shape index (κ1) is 18.9. The van der Waals surface area contributed by atoms with Gasteiger partial charge < -0.3 is 15.0 Å². The van der Waals surface area contributed by atoms with Gasteiger partial charge in [-0.3, -0.25) is 14.5 Å². The Morgan fingerprint density at radius 3 is 2.56 bits per heavy atom. The number of imide groups is 1. The topological polar surface area (TPSA) is 96.0 Å². The van der Waals surface area contributed by atoms with Gasteiger partial charge in [0.15, 0.2) is 6.61 Å². The van der Waals surface area contributed by atoms with Crippen molar-refractivity contribution in [3.63, 3.8) is 0 Å². The average Bonchev–Trinajstić information content (AvgIpc) is 2.99. The van der Waals surface area contributed by atoms with E-state index < -0.39 is 12.0 Å². The number of urea groups is 1. The number of carbonyl (C=O) groups excluding carboxylic acids is 4. The fraction of sp³-hybridized carbons (Fsp3) is 0.474. The van der Waals surface area contributed by atoms with Crippen LogP contribution in [-0.4, -0.2) is 59.4 Å². The van der Waals surface area contributed by atoms with E-state index in [1.54, 1.807) is 29.2 Å². The molecule has 2 heterocycles. The van der Waals surface area contributed by atoms with Crippen LogP contribution in [0.3, 0.4) is 0 Å². The first-order chi connectivity index (χ1) is 13.0. The minimum Gasteiger partial charge on any atom is -0.452 e. The van der Waals surface area contributed by atoms with Gasteiger partial charge in [-0.1, -0.05) is 12.1 Å². The van der Waals surface area contributed by atoms with E-state index in [1.165, 1.54) is 0 Å². The minimum absolute atomic E-state index is 0.00685. The van der Waals surface area contributed by atoms with Crippen molar-refractivity contribution in [1.29, 1.82) is 0 Å². The number of amides is 4. The monoisotopic (exact) mass is 373 g/mol. The molecular weight excluding hydrogens is 350 g/mol. The smallest absolute Gasteiger partial charge is 0.338 e. The Morgan fingerprint density at radius 1 is 1.19 bits per heavy atom. The molecule has 0 aromatic heterocycles. The molecule has 1 aromatic rings. The number of benzene rings is 1. The second-order valence-corrected chi connectivity index (χ2v) is 6.84. The molecule has 8 nitrogen and oxygen atoms in total. The zero-order valence-corrected chi connectivity index (χ0v) is 15.3. The van der Waals surface area contributed by atoms with E-state index >= 15 is 0 Å². The van der Waals surface area contributed by atoms with Crippen molar-refractivity contribution < 1.29 is 23.9 Å². The SMILES string of the molecule is CC1CCCCN1C(=O)COC(=O)c1ccc(CN2C(=O)CNC2=O)cc1. The Kier molecular flexibility index (Phi) is 5.73. The van der Waals surface area contributed by atoms with Crippen LogP contribution in [-0.2, 0) is 20.9 Å². The number of hydrogen-bond acceptors (Lipinski definition) is 5. The van der Waals surface area contributed by atoms with E-state index in [2.05, 4.69) is 5.32 Å². The summed E-state index contributed by atoms with van der Waals surface area (Å²) < 4.78 is 5.14. The molecule has 3 rings (SSSR count). The quantitative estimate of drug-likeness (QED) is 0.620. The second-order valence-electron chi connectivity index (χ2n) is 6.84. The summed E-state index contributed by atoms with van der Waals surface area (Å²) >= 11 is 0. The maximum atomic E-state index is 12.2. The molecule has 0 spiro atoms. The predicted molar refractivity (Wildman–Crippen MR) is 95.7 cm³/mol. The number of esters is 1. The van der Waals surface area contributed by atoms with Crippen molar-refractivity contribution in [3.05, 3.63) is 35.4 Å². The number of ether oxygens (including phenoxy) is 1. The molecule has 2 aliphatic heterocycles. The van der Waals surface area contributed by atoms with Crippen molar-refractivity contribution >= 4 is 23.8 Å². The highest BCUT2D eigenvalue weighted by Gasteiger charge is 2.28. The van der Waals surface area contributed by atoms with Crippen molar-refractivity contribution in [2.45, 2.75) is 38.8 Å². The van der Waals surface area contributed by atoms with Gasteiger partial charge in [-0.2, -0.15) is 0 Å². The number of likely N-dealkylation sites (tertiary alicyclic amines) is 1. The number of carbonyl (C=O) groups is 4. The summed E-state index contributed by atoms with van der Waals surface area (Å²) in [5, 5.41) is 2.45. The predicted octanol–water partition coefficient (Wildman–Crippen LogP) is 1.30. The Bertz CT molecular complexity index is 730. The molecule has 2 fully saturated rings. The summed E-state index contributed by atoms with van der Waals surface area (Å²) in [5.74, 6) is -1.03. The van der Waals surface area contributed by atoms with Crippen molar-refractivity contribution in [1.82, 2.24) is 15.1 Å². The number of piperidine rings is 1. The van der Waals surface area contributed by atoms with Gasteiger partial charge >= 0.3 is 12.0 Å². The number of rotatable bonds is 5. The highest BCUT2D eigenvalue weighted by atomic mass is 16.5. The first-order valence-corrected chi connectivity index (χ1v) is 9.09. The van der Waals surface area contributed by atoms with Crippen molar-refractivity contribution in [3.8, 4) is 0 Å². The lowest BCUT2D eigenvalue weighted by atomic mass is 10.0. The Labute approximate surface area is 157 Å². The maximum Gasteiger partial charge on any atom is 0.338 e. The van der Waals surface area contributed by atoms with Gasteiger partial charge in [0.05, 0.1) is 18.7 Å². The van der Waals surface area contributed by atoms with Crippen LogP contribution in [0, 0.1) is 0 Å². The summed E-state index contributed by atoms with van der Waals surface area (Å²) in [6.45, 7) is 2.59. The molecule has 1 aromatic carbocycles. The van der Waals surface area contributed by atoms with Gasteiger partial charge in [0.2, 0.25) is 5.91 Å². The number of nitrogens with one attached hydrogen (secondary N) is 1. The fourth-order valence-corrected chi connectivity index (χ4v) is 3.31. The lowest BCUT2D eigenvalue weighted by molar-refractivity contribution is -0.137. The van der Waals surface area contributed by atoms with Gasteiger partial charge in [0.1, 0.15) is 0 Å². The molecular formula is C19H23N3O5. The van der Waals surface area contributed by atoms with Gasteiger partial charge in [-0.25, -0.2) is 9.59 Å². The molecule has 1 N–H and O–H groups in total. The average molecular weight is 373 g/mol. The summed E-state index contributed by atoms with van der Waals surface area (Å²) in [7, 11) is 0. The molecule has 2 aliphatic rings. The van der Waals surface area contributed by atoms with Crippen LogP contribution < -0.4 is 5.32 Å². The Hall–Kier alpha value is -2.90. The van der Waals surface area contributed by atoms with E-state index in [0.717, 1.165) is 29.7 Å². The Balaban J connectivity index is 1.52. The van der Waals surface area contributed by atoms with Gasteiger partial charge in [-0.15, -0.1) is 0 Å². The fourth-order valence-electron chi connectivity index (χ4n) is 3.31. The van der Waals surface area contributed by atoms with Crippen LogP contribution in [0.5, 0.6) is 0 Å². The van der Waals surface area contributed by atoms with Crippen molar-refractivity contribution in [2.75, 3.05) is 19.7 Å². The van der Waals surface area contributed by atoms with Crippen LogP contribution in [0.2, 0.25) is 0 Å². The molecule has 1 atom stereocenters. The summed E-state index contributed by atoms with van der Waals surface area (Å²) in [6, 6.07) is 6.19. The lowest BCUT2D eigenvalue weighted by Gasteiger charge is -2.33. The van der Waals surface area contributed by atoms with Crippen LogP contribution in [0.15, 0.2) is 24.3 Å². The van der Waals surface area contributed by atoms with Gasteiger partial charge in [0.25, 0.3) is 5.91 Å². The molecule has 27 heavy (non-hydrogen) atoms. The van der Waals surface area contributed by atoms with Crippen molar-refractivity contribution in [2.24, 2.45) is 0 Å². The largest absolute Gasteiger partial charge is 0.452 e. The summed E-state index contributed by atoms with van der Waals surface area (Å²) in [6.07, 6.45) is 3.06. The standard InChI is InChI=1S/C19H23N3O5/c1-13-4-2-3-9-21(13)17(24)12-27-18(25)15-7-5-14(6-8-15)11-22-16(23)10-20-19(22)26/h5-8,13H,2-4,9-12H2,1H3,(H,20,26). The molecule has 2 saturated heterocycles. The summed E-state index contributed by atoms with van der Waals surface area (Å²) in [5.41, 5.74) is 1.03. The summed E-state index contributed by atoms with van der Waals surface area (Å²) in [4.78, 5) is 50.4. The van der Waals surface area contributed by atoms with Gasteiger partial charge in [-0.05, 0) is 43.9 Å². The Morgan fingerprint density at radius 2 is 1.93 bits per heavy atom. The van der Waals surface area contributed by atoms with E-state index in [1.807, 2.05) is 6.92 Å². The molecule has 0 radical (unpaired) electrons. The van der Waals surface area contributed by atoms with E-state index in [9.17, 15) is 19.2 Å². The zero-order chi connectivity index (χ0) is 19.4. The molecule has 0 aliphatic carbocycles. The van der Waals surface area contributed by atoms with E-state index in [4.69, 9.17) is 4.74 Å². The highest BCUT2D eigenvalue weighted by molar-refractivity contribution is 6.01. The zero-order valence-electron chi connectivity index (χ0n) is 15.3. The van der Waals surface area contributed by atoms with E-state index in [0.29, 0.717) is 12.1 Å². The third kappa shape index (κ3) is 4.45. The highest BCUT2D eigenvalue weighted by Crippen LogP contribution is 2.17. The van der Waals surface area contributed by atoms with Crippen LogP contribution in [0.25, 0.3) is 0 Å². The number of nitrogens with zero attached hydrogens (tertiary/aromatic N) is 2. The molecule has 0 bridgehead atoms. The van der Waals surface area contributed by atoms with Gasteiger partial charge in [0, 0.05) is 12.6 Å². The molecule has 1 unspecified atom stereocenters. The van der Waals surface area contributed by atoms with E-state index in [-0.39, 0.29) is 37.6 Å². The third-order valence-electron chi connectivity index (χ3n) is 4.92. The minimum atomic E-state index is -0.574. The van der Waals surface area contributed by atoms with Crippen LogP contribution >= 0.6 is 0 Å². The lowest BCUT2D eigenvalue weighted by Crippen LogP contribution is -2.44. The molecule has 4 amide bonds. The second kappa shape index (κ2) is 8.20. The van der Waals surface area contributed by atoms with Crippen LogP contribution in [0.4, 0.5) is 4.79 Å². The van der Waals surface area contributed by atoms with Crippen LogP contribution in [0.1, 0.15) is 42.1 Å². The normalized spacial score (nSPS) is 19.8. The first-order valence-electron chi connectivity index (χ1n) is 9.09. The number of hydrogen-bond donors (Lipinski definition) is 1. The maximum absolute atomic E-state index is 12.2.